The lowest BCUT2D eigenvalue weighted by atomic mass is 9.97. The topological polar surface area (TPSA) is 45.2 Å². The first-order valence-corrected chi connectivity index (χ1v) is 7.77. The number of hydrogen-bond acceptors (Lipinski definition) is 3. The fraction of sp³-hybridized carbons (Fsp3) is 0.625. The highest BCUT2D eigenvalue weighted by Crippen LogP contribution is 2.24. The van der Waals surface area contributed by atoms with Crippen LogP contribution in [0.25, 0.3) is 0 Å². The van der Waals surface area contributed by atoms with Gasteiger partial charge in [-0.3, -0.25) is 4.79 Å². The Hall–Kier alpha value is -1.58. The number of carbonyl (C=O) groups is 1. The molecule has 1 unspecified atom stereocenters. The van der Waals surface area contributed by atoms with Gasteiger partial charge >= 0.3 is 0 Å². The van der Waals surface area contributed by atoms with Crippen LogP contribution in [0.3, 0.4) is 0 Å². The van der Waals surface area contributed by atoms with Gasteiger partial charge in [-0.05, 0) is 44.7 Å². The number of hydrogen-bond donors (Lipinski definition) is 1. The van der Waals surface area contributed by atoms with Crippen LogP contribution in [0.2, 0.25) is 0 Å². The molecule has 1 N–H and O–H groups in total. The largest absolute Gasteiger partial charge is 0.370 e. The van der Waals surface area contributed by atoms with Crippen LogP contribution < -0.4 is 5.32 Å². The van der Waals surface area contributed by atoms with Gasteiger partial charge < -0.3 is 10.2 Å². The minimum absolute atomic E-state index is 0.132. The van der Waals surface area contributed by atoms with E-state index >= 15 is 0 Å². The third-order valence-electron chi connectivity index (χ3n) is 3.89. The lowest BCUT2D eigenvalue weighted by molar-refractivity contribution is 0.0601. The van der Waals surface area contributed by atoms with Gasteiger partial charge in [0.1, 0.15) is 5.82 Å². The Kier molecular flexibility index (Phi) is 5.39. The van der Waals surface area contributed by atoms with Gasteiger partial charge in [0.25, 0.3) is 5.91 Å². The quantitative estimate of drug-likeness (QED) is 0.896. The Morgan fingerprint density at radius 3 is 3.05 bits per heavy atom. The van der Waals surface area contributed by atoms with E-state index in [0.29, 0.717) is 17.4 Å². The number of nitrogens with one attached hydrogen (secondary N) is 1. The number of carbonyl (C=O) groups excluding carboxylic acids is 1. The summed E-state index contributed by atoms with van der Waals surface area (Å²) < 4.78 is 0. The molecule has 1 fully saturated rings. The molecule has 0 bridgehead atoms. The molecule has 1 aliphatic rings. The SMILES string of the molecule is CCCC1CCCCN1C(=O)c1cccnc1NCC. The molecule has 1 saturated heterocycles. The van der Waals surface area contributed by atoms with Crippen LogP contribution >= 0.6 is 0 Å². The zero-order valence-electron chi connectivity index (χ0n) is 12.6. The van der Waals surface area contributed by atoms with E-state index in [2.05, 4.69) is 22.1 Å². The van der Waals surface area contributed by atoms with E-state index < -0.39 is 0 Å². The summed E-state index contributed by atoms with van der Waals surface area (Å²) in [6.45, 7) is 5.86. The van der Waals surface area contributed by atoms with E-state index in [1.54, 1.807) is 6.20 Å². The molecule has 2 rings (SSSR count). The van der Waals surface area contributed by atoms with Gasteiger partial charge in [-0.1, -0.05) is 13.3 Å². The van der Waals surface area contributed by atoms with Gasteiger partial charge in [0.2, 0.25) is 0 Å². The predicted octanol–water partition coefficient (Wildman–Crippen LogP) is 3.31. The second-order valence-corrected chi connectivity index (χ2v) is 5.37. The molecule has 20 heavy (non-hydrogen) atoms. The number of pyridine rings is 1. The molecule has 110 valence electrons. The molecular formula is C16H25N3O. The molecule has 4 heteroatoms. The first-order chi connectivity index (χ1) is 9.77. The molecule has 0 aromatic carbocycles. The maximum atomic E-state index is 12.8. The molecule has 0 radical (unpaired) electrons. The van der Waals surface area contributed by atoms with Crippen molar-refractivity contribution in [3.8, 4) is 0 Å². The Labute approximate surface area is 121 Å². The first kappa shape index (κ1) is 14.8. The Bertz CT molecular complexity index is 445. The highest BCUT2D eigenvalue weighted by molar-refractivity contribution is 5.98. The van der Waals surface area contributed by atoms with E-state index in [-0.39, 0.29) is 5.91 Å². The molecular weight excluding hydrogens is 250 g/mol. The van der Waals surface area contributed by atoms with Gasteiger partial charge in [0.15, 0.2) is 0 Å². The van der Waals surface area contributed by atoms with Crippen molar-refractivity contribution < 1.29 is 4.79 Å². The van der Waals surface area contributed by atoms with Gasteiger partial charge in [0.05, 0.1) is 5.56 Å². The third-order valence-corrected chi connectivity index (χ3v) is 3.89. The van der Waals surface area contributed by atoms with Crippen molar-refractivity contribution in [2.24, 2.45) is 0 Å². The summed E-state index contributed by atoms with van der Waals surface area (Å²) in [6, 6.07) is 4.12. The average molecular weight is 275 g/mol. The number of rotatable bonds is 5. The normalized spacial score (nSPS) is 18.9. The average Bonchev–Trinajstić information content (AvgIpc) is 2.48. The lowest BCUT2D eigenvalue weighted by Crippen LogP contribution is -2.43. The summed E-state index contributed by atoms with van der Waals surface area (Å²) in [5.74, 6) is 0.841. The second-order valence-electron chi connectivity index (χ2n) is 5.37. The minimum atomic E-state index is 0.132. The van der Waals surface area contributed by atoms with Gasteiger partial charge in [-0.15, -0.1) is 0 Å². The smallest absolute Gasteiger partial charge is 0.257 e. The van der Waals surface area contributed by atoms with Crippen molar-refractivity contribution in [3.05, 3.63) is 23.9 Å². The number of amides is 1. The van der Waals surface area contributed by atoms with E-state index in [1.807, 2.05) is 19.1 Å². The molecule has 1 atom stereocenters. The van der Waals surface area contributed by atoms with Crippen molar-refractivity contribution in [1.82, 2.24) is 9.88 Å². The summed E-state index contributed by atoms with van der Waals surface area (Å²) >= 11 is 0. The highest BCUT2D eigenvalue weighted by Gasteiger charge is 2.28. The summed E-state index contributed by atoms with van der Waals surface area (Å²) in [5, 5.41) is 3.18. The minimum Gasteiger partial charge on any atom is -0.370 e. The first-order valence-electron chi connectivity index (χ1n) is 7.77. The van der Waals surface area contributed by atoms with Crippen LogP contribution in [0.15, 0.2) is 18.3 Å². The summed E-state index contributed by atoms with van der Waals surface area (Å²) in [6.07, 6.45) is 7.44. The predicted molar refractivity (Wildman–Crippen MR) is 82.0 cm³/mol. The molecule has 1 aromatic rings. The van der Waals surface area contributed by atoms with Crippen molar-refractivity contribution in [1.29, 1.82) is 0 Å². The number of nitrogens with zero attached hydrogens (tertiary/aromatic N) is 2. The van der Waals surface area contributed by atoms with Crippen LogP contribution in [-0.2, 0) is 0 Å². The molecule has 1 aromatic heterocycles. The van der Waals surface area contributed by atoms with E-state index in [4.69, 9.17) is 0 Å². The van der Waals surface area contributed by atoms with Crippen LogP contribution in [-0.4, -0.2) is 34.9 Å². The number of likely N-dealkylation sites (tertiary alicyclic amines) is 1. The van der Waals surface area contributed by atoms with E-state index in [1.165, 1.54) is 6.42 Å². The molecule has 0 saturated carbocycles. The summed E-state index contributed by atoms with van der Waals surface area (Å²) in [7, 11) is 0. The van der Waals surface area contributed by atoms with Crippen molar-refractivity contribution in [2.45, 2.75) is 52.0 Å². The molecule has 1 aliphatic heterocycles. The number of aromatic nitrogens is 1. The maximum absolute atomic E-state index is 12.8. The van der Waals surface area contributed by atoms with Crippen molar-refractivity contribution >= 4 is 11.7 Å². The maximum Gasteiger partial charge on any atom is 0.257 e. The van der Waals surface area contributed by atoms with Crippen molar-refractivity contribution in [2.75, 3.05) is 18.4 Å². The molecule has 1 amide bonds. The summed E-state index contributed by atoms with van der Waals surface area (Å²) in [5.41, 5.74) is 0.706. The zero-order valence-corrected chi connectivity index (χ0v) is 12.6. The fourth-order valence-corrected chi connectivity index (χ4v) is 2.94. The Morgan fingerprint density at radius 1 is 1.45 bits per heavy atom. The molecule has 0 spiro atoms. The van der Waals surface area contributed by atoms with Gasteiger partial charge in [-0.25, -0.2) is 4.98 Å². The van der Waals surface area contributed by atoms with Crippen molar-refractivity contribution in [3.63, 3.8) is 0 Å². The lowest BCUT2D eigenvalue weighted by Gasteiger charge is -2.36. The fourth-order valence-electron chi connectivity index (χ4n) is 2.94. The highest BCUT2D eigenvalue weighted by atomic mass is 16.2. The second kappa shape index (κ2) is 7.27. The molecule has 4 nitrogen and oxygen atoms in total. The van der Waals surface area contributed by atoms with Crippen LogP contribution in [0, 0.1) is 0 Å². The zero-order chi connectivity index (χ0) is 14.4. The Morgan fingerprint density at radius 2 is 2.30 bits per heavy atom. The van der Waals surface area contributed by atoms with E-state index in [0.717, 1.165) is 38.8 Å². The molecule has 2 heterocycles. The number of piperidine rings is 1. The van der Waals surface area contributed by atoms with Gasteiger partial charge in [0, 0.05) is 25.3 Å². The van der Waals surface area contributed by atoms with E-state index in [9.17, 15) is 4.79 Å². The number of anilines is 1. The Balaban J connectivity index is 2.20. The van der Waals surface area contributed by atoms with Gasteiger partial charge in [-0.2, -0.15) is 0 Å². The van der Waals surface area contributed by atoms with Crippen LogP contribution in [0.5, 0.6) is 0 Å². The summed E-state index contributed by atoms with van der Waals surface area (Å²) in [4.78, 5) is 19.2. The monoisotopic (exact) mass is 275 g/mol. The van der Waals surface area contributed by atoms with Crippen LogP contribution in [0.4, 0.5) is 5.82 Å². The van der Waals surface area contributed by atoms with Crippen LogP contribution in [0.1, 0.15) is 56.3 Å². The third kappa shape index (κ3) is 3.30. The molecule has 0 aliphatic carbocycles. The standard InChI is InChI=1S/C16H25N3O/c1-3-8-13-9-5-6-12-19(13)16(20)14-10-7-11-18-15(14)17-4-2/h7,10-11,13H,3-6,8-9,12H2,1-2H3,(H,17,18).